The van der Waals surface area contributed by atoms with Gasteiger partial charge in [0.05, 0.1) is 11.9 Å². The molecule has 0 spiro atoms. The van der Waals surface area contributed by atoms with Gasteiger partial charge in [0.25, 0.3) is 0 Å². The summed E-state index contributed by atoms with van der Waals surface area (Å²) in [6, 6.07) is 4.93. The quantitative estimate of drug-likeness (QED) is 0.738. The molecule has 0 N–H and O–H groups in total. The average molecular weight is 219 g/mol. The number of rotatable bonds is 1. The van der Waals surface area contributed by atoms with Crippen molar-refractivity contribution in [2.24, 2.45) is 0 Å². The SMILES string of the molecule is CC(C)(C)c1ccn(-c2ccc(F)cn2)n1. The fourth-order valence-electron chi connectivity index (χ4n) is 1.36. The number of hydrogen-bond donors (Lipinski definition) is 0. The van der Waals surface area contributed by atoms with Crippen LogP contribution < -0.4 is 0 Å². The van der Waals surface area contributed by atoms with Crippen LogP contribution in [-0.4, -0.2) is 14.8 Å². The minimum atomic E-state index is -0.341. The molecule has 0 aliphatic heterocycles. The fraction of sp³-hybridized carbons (Fsp3) is 0.333. The van der Waals surface area contributed by atoms with Crippen LogP contribution in [0.4, 0.5) is 4.39 Å². The van der Waals surface area contributed by atoms with Gasteiger partial charge in [0.15, 0.2) is 5.82 Å². The Morgan fingerprint density at radius 3 is 2.44 bits per heavy atom. The van der Waals surface area contributed by atoms with E-state index in [1.54, 1.807) is 10.7 Å². The maximum absolute atomic E-state index is 12.7. The van der Waals surface area contributed by atoms with Crippen molar-refractivity contribution in [3.63, 3.8) is 0 Å². The van der Waals surface area contributed by atoms with Gasteiger partial charge in [-0.05, 0) is 18.2 Å². The molecule has 0 saturated heterocycles. The lowest BCUT2D eigenvalue weighted by Gasteiger charge is -2.14. The molecule has 2 aromatic heterocycles. The summed E-state index contributed by atoms with van der Waals surface area (Å²) in [5.74, 6) is 0.281. The highest BCUT2D eigenvalue weighted by molar-refractivity contribution is 5.23. The zero-order valence-corrected chi connectivity index (χ0v) is 9.61. The Morgan fingerprint density at radius 1 is 1.19 bits per heavy atom. The van der Waals surface area contributed by atoms with E-state index in [0.29, 0.717) is 5.82 Å². The zero-order chi connectivity index (χ0) is 11.8. The van der Waals surface area contributed by atoms with E-state index >= 15 is 0 Å². The van der Waals surface area contributed by atoms with Gasteiger partial charge >= 0.3 is 0 Å². The van der Waals surface area contributed by atoms with Crippen molar-refractivity contribution in [2.45, 2.75) is 26.2 Å². The van der Waals surface area contributed by atoms with Crippen LogP contribution >= 0.6 is 0 Å². The standard InChI is InChI=1S/C12H14FN3/c1-12(2,3)10-6-7-16(15-10)11-5-4-9(13)8-14-11/h4-8H,1-3H3. The van der Waals surface area contributed by atoms with Crippen LogP contribution in [-0.2, 0) is 5.41 Å². The molecule has 0 radical (unpaired) electrons. The van der Waals surface area contributed by atoms with Crippen LogP contribution in [0.25, 0.3) is 5.82 Å². The van der Waals surface area contributed by atoms with Gasteiger partial charge in [-0.3, -0.25) is 0 Å². The summed E-state index contributed by atoms with van der Waals surface area (Å²) in [4.78, 5) is 3.97. The van der Waals surface area contributed by atoms with Gasteiger partial charge in [-0.2, -0.15) is 5.10 Å². The highest BCUT2D eigenvalue weighted by Gasteiger charge is 2.17. The van der Waals surface area contributed by atoms with Crippen LogP contribution in [0.2, 0.25) is 0 Å². The summed E-state index contributed by atoms with van der Waals surface area (Å²) in [5, 5.41) is 4.41. The van der Waals surface area contributed by atoms with Crippen LogP contribution in [0.3, 0.4) is 0 Å². The first-order valence-corrected chi connectivity index (χ1v) is 5.15. The maximum atomic E-state index is 12.7. The number of nitrogens with zero attached hydrogens (tertiary/aromatic N) is 3. The Labute approximate surface area is 93.9 Å². The maximum Gasteiger partial charge on any atom is 0.153 e. The second kappa shape index (κ2) is 3.70. The summed E-state index contributed by atoms with van der Waals surface area (Å²) in [6.45, 7) is 6.29. The largest absolute Gasteiger partial charge is 0.234 e. The molecule has 2 rings (SSSR count). The molecule has 0 aliphatic carbocycles. The zero-order valence-electron chi connectivity index (χ0n) is 9.61. The Hall–Kier alpha value is -1.71. The van der Waals surface area contributed by atoms with Crippen molar-refractivity contribution in [1.29, 1.82) is 0 Å². The highest BCUT2D eigenvalue weighted by Crippen LogP contribution is 2.20. The Bertz CT molecular complexity index is 480. The van der Waals surface area contributed by atoms with Gasteiger partial charge in [-0.25, -0.2) is 14.1 Å². The molecule has 0 unspecified atom stereocenters. The highest BCUT2D eigenvalue weighted by atomic mass is 19.1. The molecule has 0 atom stereocenters. The molecule has 84 valence electrons. The molecule has 0 amide bonds. The van der Waals surface area contributed by atoms with Gasteiger partial charge in [0.2, 0.25) is 0 Å². The van der Waals surface area contributed by atoms with Crippen molar-refractivity contribution < 1.29 is 4.39 Å². The van der Waals surface area contributed by atoms with Crippen LogP contribution in [0.15, 0.2) is 30.6 Å². The van der Waals surface area contributed by atoms with Gasteiger partial charge in [0, 0.05) is 11.6 Å². The summed E-state index contributed by atoms with van der Waals surface area (Å²) in [7, 11) is 0. The van der Waals surface area contributed by atoms with E-state index < -0.39 is 0 Å². The Kier molecular flexibility index (Phi) is 2.50. The molecular formula is C12H14FN3. The summed E-state index contributed by atoms with van der Waals surface area (Å²) in [5.41, 5.74) is 0.990. The molecule has 0 aliphatic rings. The van der Waals surface area contributed by atoms with E-state index in [0.717, 1.165) is 5.69 Å². The first-order chi connectivity index (χ1) is 7.47. The van der Waals surface area contributed by atoms with E-state index in [1.807, 2.05) is 12.3 Å². The molecule has 3 nitrogen and oxygen atoms in total. The normalized spacial score (nSPS) is 11.8. The third kappa shape index (κ3) is 2.10. The van der Waals surface area contributed by atoms with Gasteiger partial charge < -0.3 is 0 Å². The van der Waals surface area contributed by atoms with Gasteiger partial charge in [-0.1, -0.05) is 20.8 Å². The van der Waals surface area contributed by atoms with Crippen molar-refractivity contribution in [3.8, 4) is 5.82 Å². The monoisotopic (exact) mass is 219 g/mol. The van der Waals surface area contributed by atoms with Crippen LogP contribution in [0, 0.1) is 5.82 Å². The average Bonchev–Trinajstić information content (AvgIpc) is 2.67. The molecule has 0 fully saturated rings. The molecule has 4 heteroatoms. The van der Waals surface area contributed by atoms with Gasteiger partial charge in [0.1, 0.15) is 5.82 Å². The van der Waals surface area contributed by atoms with Crippen molar-refractivity contribution in [1.82, 2.24) is 14.8 Å². The number of pyridine rings is 1. The molecule has 16 heavy (non-hydrogen) atoms. The second-order valence-corrected chi connectivity index (χ2v) is 4.73. The number of halogens is 1. The molecular weight excluding hydrogens is 205 g/mol. The molecule has 2 aromatic rings. The van der Waals surface area contributed by atoms with Gasteiger partial charge in [-0.15, -0.1) is 0 Å². The summed E-state index contributed by atoms with van der Waals surface area (Å²) >= 11 is 0. The van der Waals surface area contributed by atoms with E-state index in [2.05, 4.69) is 30.9 Å². The Balaban J connectivity index is 2.35. The molecule has 2 heterocycles. The van der Waals surface area contributed by atoms with E-state index in [1.165, 1.54) is 12.3 Å². The third-order valence-electron chi connectivity index (χ3n) is 2.30. The van der Waals surface area contributed by atoms with Crippen molar-refractivity contribution >= 4 is 0 Å². The van der Waals surface area contributed by atoms with E-state index in [4.69, 9.17) is 0 Å². The first kappa shape index (κ1) is 10.8. The van der Waals surface area contributed by atoms with E-state index in [-0.39, 0.29) is 11.2 Å². The Morgan fingerprint density at radius 2 is 1.94 bits per heavy atom. The predicted octanol–water partition coefficient (Wildman–Crippen LogP) is 2.70. The van der Waals surface area contributed by atoms with E-state index in [9.17, 15) is 4.39 Å². The second-order valence-electron chi connectivity index (χ2n) is 4.73. The van der Waals surface area contributed by atoms with Crippen molar-refractivity contribution in [2.75, 3.05) is 0 Å². The smallest absolute Gasteiger partial charge is 0.153 e. The lowest BCUT2D eigenvalue weighted by Crippen LogP contribution is -2.12. The number of aromatic nitrogens is 3. The fourth-order valence-corrected chi connectivity index (χ4v) is 1.36. The molecule has 0 bridgehead atoms. The lowest BCUT2D eigenvalue weighted by molar-refractivity contribution is 0.559. The summed E-state index contributed by atoms with van der Waals surface area (Å²) in [6.07, 6.45) is 3.02. The number of hydrogen-bond acceptors (Lipinski definition) is 2. The molecule has 0 saturated carbocycles. The first-order valence-electron chi connectivity index (χ1n) is 5.15. The third-order valence-corrected chi connectivity index (χ3v) is 2.30. The molecule has 0 aromatic carbocycles. The predicted molar refractivity (Wildman–Crippen MR) is 60.0 cm³/mol. The van der Waals surface area contributed by atoms with Crippen molar-refractivity contribution in [3.05, 3.63) is 42.1 Å². The van der Waals surface area contributed by atoms with Crippen LogP contribution in [0.5, 0.6) is 0 Å². The lowest BCUT2D eigenvalue weighted by atomic mass is 9.93. The topological polar surface area (TPSA) is 30.7 Å². The summed E-state index contributed by atoms with van der Waals surface area (Å²) < 4.78 is 14.4. The minimum Gasteiger partial charge on any atom is -0.234 e. The minimum absolute atomic E-state index is 0.00524. The van der Waals surface area contributed by atoms with Crippen LogP contribution in [0.1, 0.15) is 26.5 Å².